The lowest BCUT2D eigenvalue weighted by Crippen LogP contribution is -2.36. The second kappa shape index (κ2) is 6.02. The number of amides is 2. The molecule has 0 radical (unpaired) electrons. The lowest BCUT2D eigenvalue weighted by Gasteiger charge is -2.10. The number of hydrogen-bond acceptors (Lipinski definition) is 2. The number of hydrogen-bond donors (Lipinski definition) is 2. The molecule has 0 atom stereocenters. The van der Waals surface area contributed by atoms with Crippen molar-refractivity contribution in [3.63, 3.8) is 0 Å². The molecule has 0 saturated carbocycles. The van der Waals surface area contributed by atoms with E-state index in [4.69, 9.17) is 0 Å². The minimum absolute atomic E-state index is 0.178. The number of carbonyl (C=O) groups excluding carboxylic acids is 2. The standard InChI is InChI=1S/C11H8F6N2O2/c12-10(13,14)8(20)18-5-6-1-3-7(4-2-6)19-9(21)11(15,16)17/h1-4H,5H2,(H,18,20)(H,19,21). The van der Waals surface area contributed by atoms with Crippen LogP contribution >= 0.6 is 0 Å². The molecule has 10 heteroatoms. The number of benzene rings is 1. The second-order valence-corrected chi connectivity index (χ2v) is 3.83. The van der Waals surface area contributed by atoms with Crippen molar-refractivity contribution in [3.8, 4) is 0 Å². The Morgan fingerprint density at radius 2 is 1.33 bits per heavy atom. The molecule has 4 nitrogen and oxygen atoms in total. The molecule has 1 aromatic carbocycles. The third-order valence-electron chi connectivity index (χ3n) is 2.18. The minimum atomic E-state index is -5.04. The van der Waals surface area contributed by atoms with Gasteiger partial charge in [-0.05, 0) is 17.7 Å². The van der Waals surface area contributed by atoms with Gasteiger partial charge in [0.05, 0.1) is 0 Å². The van der Waals surface area contributed by atoms with Crippen LogP contribution in [0.4, 0.5) is 32.0 Å². The topological polar surface area (TPSA) is 58.2 Å². The lowest BCUT2D eigenvalue weighted by atomic mass is 10.2. The Morgan fingerprint density at radius 1 is 0.857 bits per heavy atom. The molecular formula is C11H8F6N2O2. The number of alkyl halides is 6. The molecule has 116 valence electrons. The summed E-state index contributed by atoms with van der Waals surface area (Å²) in [6.45, 7) is -0.453. The fourth-order valence-corrected chi connectivity index (χ4v) is 1.19. The van der Waals surface area contributed by atoms with Gasteiger partial charge in [0.1, 0.15) is 0 Å². The molecule has 0 spiro atoms. The van der Waals surface area contributed by atoms with Gasteiger partial charge in [-0.1, -0.05) is 12.1 Å². The number of rotatable bonds is 3. The third kappa shape index (κ3) is 5.32. The smallest absolute Gasteiger partial charge is 0.344 e. The van der Waals surface area contributed by atoms with Gasteiger partial charge in [0.25, 0.3) is 0 Å². The van der Waals surface area contributed by atoms with Gasteiger partial charge in [-0.25, -0.2) is 0 Å². The highest BCUT2D eigenvalue weighted by atomic mass is 19.4. The third-order valence-corrected chi connectivity index (χ3v) is 2.18. The van der Waals surface area contributed by atoms with E-state index in [2.05, 4.69) is 0 Å². The number of anilines is 1. The Labute approximate surface area is 114 Å². The first-order valence-corrected chi connectivity index (χ1v) is 5.32. The predicted octanol–water partition coefficient (Wildman–Crippen LogP) is 2.37. The summed E-state index contributed by atoms with van der Waals surface area (Å²) in [6.07, 6.45) is -10.1. The van der Waals surface area contributed by atoms with Gasteiger partial charge >= 0.3 is 24.2 Å². The van der Waals surface area contributed by atoms with E-state index in [1.807, 2.05) is 0 Å². The van der Waals surface area contributed by atoms with Crippen molar-refractivity contribution in [2.75, 3.05) is 5.32 Å². The fraction of sp³-hybridized carbons (Fsp3) is 0.273. The molecule has 2 amide bonds. The van der Waals surface area contributed by atoms with Crippen molar-refractivity contribution in [1.29, 1.82) is 0 Å². The molecule has 0 heterocycles. The minimum Gasteiger partial charge on any atom is -0.344 e. The van der Waals surface area contributed by atoms with E-state index < -0.39 is 30.7 Å². The van der Waals surface area contributed by atoms with E-state index in [-0.39, 0.29) is 11.3 Å². The summed E-state index contributed by atoms with van der Waals surface area (Å²) in [4.78, 5) is 21.2. The molecule has 0 unspecified atom stereocenters. The predicted molar refractivity (Wildman–Crippen MR) is 59.0 cm³/mol. The number of carbonyl (C=O) groups is 2. The van der Waals surface area contributed by atoms with Crippen molar-refractivity contribution in [2.24, 2.45) is 0 Å². The Balaban J connectivity index is 2.59. The van der Waals surface area contributed by atoms with Crippen LogP contribution < -0.4 is 10.6 Å². The monoisotopic (exact) mass is 314 g/mol. The van der Waals surface area contributed by atoms with Crippen LogP contribution in [0.5, 0.6) is 0 Å². The summed E-state index contributed by atoms with van der Waals surface area (Å²) in [5.74, 6) is -4.29. The highest BCUT2D eigenvalue weighted by Gasteiger charge is 2.39. The molecule has 0 aliphatic heterocycles. The van der Waals surface area contributed by atoms with Gasteiger partial charge in [-0.15, -0.1) is 0 Å². The van der Waals surface area contributed by atoms with Crippen LogP contribution in [0.25, 0.3) is 0 Å². The second-order valence-electron chi connectivity index (χ2n) is 3.83. The van der Waals surface area contributed by atoms with Crippen molar-refractivity contribution >= 4 is 17.5 Å². The van der Waals surface area contributed by atoms with E-state index in [9.17, 15) is 35.9 Å². The average molecular weight is 314 g/mol. The molecule has 0 aliphatic rings. The zero-order valence-corrected chi connectivity index (χ0v) is 10.1. The van der Waals surface area contributed by atoms with Gasteiger partial charge in [-0.2, -0.15) is 26.3 Å². The largest absolute Gasteiger partial charge is 0.471 e. The molecular weight excluding hydrogens is 306 g/mol. The van der Waals surface area contributed by atoms with E-state index in [0.717, 1.165) is 12.1 Å². The van der Waals surface area contributed by atoms with Gasteiger partial charge in [0, 0.05) is 12.2 Å². The number of nitrogens with one attached hydrogen (secondary N) is 2. The summed E-state index contributed by atoms with van der Waals surface area (Å²) in [6, 6.07) is 4.47. The van der Waals surface area contributed by atoms with Crippen molar-refractivity contribution in [1.82, 2.24) is 5.32 Å². The highest BCUT2D eigenvalue weighted by Crippen LogP contribution is 2.19. The maximum absolute atomic E-state index is 12.0. The van der Waals surface area contributed by atoms with Crippen LogP contribution in [0.3, 0.4) is 0 Å². The SMILES string of the molecule is O=C(NCc1ccc(NC(=O)C(F)(F)F)cc1)C(F)(F)F. The van der Waals surface area contributed by atoms with E-state index in [1.165, 1.54) is 12.1 Å². The van der Waals surface area contributed by atoms with Gasteiger partial charge in [0.15, 0.2) is 0 Å². The van der Waals surface area contributed by atoms with Crippen LogP contribution in [0.1, 0.15) is 5.56 Å². The van der Waals surface area contributed by atoms with Gasteiger partial charge in [-0.3, -0.25) is 9.59 Å². The first kappa shape index (κ1) is 16.8. The maximum Gasteiger partial charge on any atom is 0.471 e. The Bertz CT molecular complexity index is 521. The normalized spacial score (nSPS) is 11.9. The van der Waals surface area contributed by atoms with Gasteiger partial charge < -0.3 is 10.6 Å². The molecule has 0 fully saturated rings. The summed E-state index contributed by atoms with van der Waals surface area (Å²) in [5.41, 5.74) is 0.0424. The molecule has 21 heavy (non-hydrogen) atoms. The molecule has 2 N–H and O–H groups in total. The zero-order chi connectivity index (χ0) is 16.3. The van der Waals surface area contributed by atoms with E-state index in [1.54, 1.807) is 10.6 Å². The summed E-state index contributed by atoms with van der Waals surface area (Å²) in [7, 11) is 0. The van der Waals surface area contributed by atoms with Crippen LogP contribution in [0.2, 0.25) is 0 Å². The van der Waals surface area contributed by atoms with Crippen LogP contribution in [0.15, 0.2) is 24.3 Å². The Kier molecular flexibility index (Phi) is 4.81. The molecule has 0 saturated heterocycles. The van der Waals surface area contributed by atoms with E-state index >= 15 is 0 Å². The first-order chi connectivity index (χ1) is 9.50. The highest BCUT2D eigenvalue weighted by molar-refractivity contribution is 5.94. The molecule has 0 aliphatic carbocycles. The molecule has 1 rings (SSSR count). The van der Waals surface area contributed by atoms with Crippen LogP contribution in [-0.4, -0.2) is 24.2 Å². The lowest BCUT2D eigenvalue weighted by molar-refractivity contribution is -0.173. The van der Waals surface area contributed by atoms with Crippen LogP contribution in [0, 0.1) is 0 Å². The van der Waals surface area contributed by atoms with Crippen molar-refractivity contribution < 1.29 is 35.9 Å². The summed E-state index contributed by atoms with van der Waals surface area (Å²) < 4.78 is 71.6. The molecule has 0 bridgehead atoms. The van der Waals surface area contributed by atoms with E-state index in [0.29, 0.717) is 0 Å². The molecule has 1 aromatic rings. The summed E-state index contributed by atoms with van der Waals surface area (Å²) in [5, 5.41) is 3.16. The van der Waals surface area contributed by atoms with Crippen molar-refractivity contribution in [3.05, 3.63) is 29.8 Å². The quantitative estimate of drug-likeness (QED) is 0.842. The Morgan fingerprint density at radius 3 is 1.76 bits per heavy atom. The van der Waals surface area contributed by atoms with Gasteiger partial charge in [0.2, 0.25) is 0 Å². The molecule has 0 aromatic heterocycles. The first-order valence-electron chi connectivity index (χ1n) is 5.32. The van der Waals surface area contributed by atoms with Crippen LogP contribution in [-0.2, 0) is 16.1 Å². The average Bonchev–Trinajstić information content (AvgIpc) is 2.35. The Hall–Kier alpha value is -2.26. The maximum atomic E-state index is 12.0. The fourth-order valence-electron chi connectivity index (χ4n) is 1.19. The summed E-state index contributed by atoms with van der Waals surface area (Å²) >= 11 is 0. The van der Waals surface area contributed by atoms with Crippen molar-refractivity contribution in [2.45, 2.75) is 18.9 Å². The zero-order valence-electron chi connectivity index (χ0n) is 10.1. The number of halogens is 6.